The summed E-state index contributed by atoms with van der Waals surface area (Å²) in [6.45, 7) is 7.77. The number of carbonyl (C=O) groups is 3. The number of nitrogens with one attached hydrogen (secondary N) is 3. The number of rotatable bonds is 7. The van der Waals surface area contributed by atoms with Crippen LogP contribution in [0.15, 0.2) is 35.9 Å². The second kappa shape index (κ2) is 11.0. The number of likely N-dealkylation sites (tertiary alicyclic amines) is 1. The lowest BCUT2D eigenvalue weighted by Gasteiger charge is -2.31. The molecule has 1 aliphatic heterocycles. The maximum atomic E-state index is 13.6. The third-order valence-corrected chi connectivity index (χ3v) is 7.49. The van der Waals surface area contributed by atoms with Gasteiger partial charge in [0, 0.05) is 50.2 Å². The van der Waals surface area contributed by atoms with Crippen LogP contribution in [0.5, 0.6) is 0 Å². The third kappa shape index (κ3) is 5.82. The predicted molar refractivity (Wildman–Crippen MR) is 133 cm³/mol. The highest BCUT2D eigenvalue weighted by atomic mass is 32.2. The predicted octanol–water partition coefficient (Wildman–Crippen LogP) is 1.77. The third-order valence-electron chi connectivity index (χ3n) is 5.94. The van der Waals surface area contributed by atoms with Crippen molar-refractivity contribution >= 4 is 39.5 Å². The molecule has 2 heterocycles. The first-order valence-electron chi connectivity index (χ1n) is 11.5. The Morgan fingerprint density at radius 2 is 1.89 bits per heavy atom. The highest BCUT2D eigenvalue weighted by Gasteiger charge is 2.32. The van der Waals surface area contributed by atoms with E-state index in [4.69, 9.17) is 0 Å². The fourth-order valence-corrected chi connectivity index (χ4v) is 5.65. The van der Waals surface area contributed by atoms with E-state index < -0.39 is 39.6 Å². The van der Waals surface area contributed by atoms with Crippen LogP contribution in [0.3, 0.4) is 0 Å². The summed E-state index contributed by atoms with van der Waals surface area (Å²) in [5, 5.41) is 5.12. The van der Waals surface area contributed by atoms with Crippen molar-refractivity contribution in [3.8, 4) is 0 Å². The molecule has 0 aliphatic carbocycles. The summed E-state index contributed by atoms with van der Waals surface area (Å²) >= 11 is 0. The molecule has 1 aliphatic rings. The lowest BCUT2D eigenvalue weighted by atomic mass is 10.1. The molecule has 1 fully saturated rings. The number of anilines is 1. The van der Waals surface area contributed by atoms with Gasteiger partial charge in [-0.25, -0.2) is 17.5 Å². The Hall–Kier alpha value is -3.51. The molecule has 36 heavy (non-hydrogen) atoms. The van der Waals surface area contributed by atoms with Crippen LogP contribution >= 0.6 is 0 Å². The highest BCUT2D eigenvalue weighted by molar-refractivity contribution is 7.89. The number of aryl methyl sites for hydroxylation is 2. The molecule has 0 atom stereocenters. The van der Waals surface area contributed by atoms with E-state index in [1.54, 1.807) is 20.9 Å². The maximum absolute atomic E-state index is 13.6. The van der Waals surface area contributed by atoms with Crippen molar-refractivity contribution in [2.45, 2.75) is 37.6 Å². The van der Waals surface area contributed by atoms with Crippen LogP contribution in [0.2, 0.25) is 0 Å². The zero-order chi connectivity index (χ0) is 26.6. The molecule has 0 bridgehead atoms. The lowest BCUT2D eigenvalue weighted by Crippen LogP contribution is -2.50. The first kappa shape index (κ1) is 27.1. The van der Waals surface area contributed by atoms with Crippen LogP contribution in [-0.4, -0.2) is 61.3 Å². The van der Waals surface area contributed by atoms with E-state index in [9.17, 15) is 27.2 Å². The van der Waals surface area contributed by atoms with E-state index in [2.05, 4.69) is 21.9 Å². The fraction of sp³-hybridized carbons (Fsp3) is 0.375. The zero-order valence-corrected chi connectivity index (χ0v) is 21.2. The van der Waals surface area contributed by atoms with Crippen LogP contribution in [-0.2, 0) is 26.7 Å². The average molecular weight is 520 g/mol. The monoisotopic (exact) mass is 519 g/mol. The number of amides is 3. The van der Waals surface area contributed by atoms with E-state index in [-0.39, 0.29) is 29.2 Å². The van der Waals surface area contributed by atoms with E-state index in [1.807, 2.05) is 0 Å². The maximum Gasteiger partial charge on any atom is 0.311 e. The van der Waals surface area contributed by atoms with Crippen LogP contribution < -0.4 is 15.4 Å². The lowest BCUT2D eigenvalue weighted by molar-refractivity contribution is -0.146. The Morgan fingerprint density at radius 3 is 2.47 bits per heavy atom. The van der Waals surface area contributed by atoms with Crippen molar-refractivity contribution in [3.63, 3.8) is 0 Å². The van der Waals surface area contributed by atoms with Crippen LogP contribution in [0.4, 0.5) is 10.1 Å². The van der Waals surface area contributed by atoms with Crippen LogP contribution in [0, 0.1) is 12.7 Å². The largest absolute Gasteiger partial charge is 0.348 e. The minimum atomic E-state index is -4.04. The minimum Gasteiger partial charge on any atom is -0.348 e. The molecule has 194 valence electrons. The van der Waals surface area contributed by atoms with E-state index in [0.29, 0.717) is 30.6 Å². The summed E-state index contributed by atoms with van der Waals surface area (Å²) < 4.78 is 44.0. The number of carbonyl (C=O) groups excluding carboxylic acids is 3. The quantitative estimate of drug-likeness (QED) is 0.480. The second-order valence-corrected chi connectivity index (χ2v) is 10.2. The SMILES string of the molecule is C=Cc1c(S(=O)(=O)NC2CCN(C(=O)C(=O)NCC)CC2)cn(C)c1C(=O)Nc1ccc(F)c(C)c1. The van der Waals surface area contributed by atoms with Gasteiger partial charge in [0.2, 0.25) is 10.0 Å². The standard InChI is InChI=1S/C24H30FN5O5S/c1-5-18-20(14-29(4)21(18)22(31)27-17-7-8-19(25)15(3)13-17)36(34,35)28-16-9-11-30(12-10-16)24(33)23(32)26-6-2/h5,7-8,13-14,16,28H,1,6,9-12H2,2-4H3,(H,26,32)(H,27,31). The smallest absolute Gasteiger partial charge is 0.311 e. The van der Waals surface area contributed by atoms with Gasteiger partial charge in [0.05, 0.1) is 0 Å². The van der Waals surface area contributed by atoms with Crippen molar-refractivity contribution < 1.29 is 27.2 Å². The van der Waals surface area contributed by atoms with Gasteiger partial charge >= 0.3 is 11.8 Å². The number of hydrogen-bond acceptors (Lipinski definition) is 5. The highest BCUT2D eigenvalue weighted by Crippen LogP contribution is 2.26. The van der Waals surface area contributed by atoms with Gasteiger partial charge in [0.1, 0.15) is 16.4 Å². The average Bonchev–Trinajstić information content (AvgIpc) is 3.18. The molecule has 3 N–H and O–H groups in total. The molecule has 3 rings (SSSR count). The molecule has 10 nitrogen and oxygen atoms in total. The van der Waals surface area contributed by atoms with Gasteiger partial charge in [-0.2, -0.15) is 0 Å². The molecule has 0 radical (unpaired) electrons. The van der Waals surface area contributed by atoms with E-state index >= 15 is 0 Å². The van der Waals surface area contributed by atoms with Gasteiger partial charge in [-0.1, -0.05) is 12.7 Å². The number of piperidine rings is 1. The van der Waals surface area contributed by atoms with Crippen LogP contribution in [0.1, 0.15) is 41.4 Å². The molecule has 0 spiro atoms. The summed E-state index contributed by atoms with van der Waals surface area (Å²) in [5.41, 5.74) is 0.932. The molecule has 1 aromatic carbocycles. The molecule has 1 aromatic heterocycles. The van der Waals surface area contributed by atoms with Crippen molar-refractivity contribution in [2.24, 2.45) is 7.05 Å². The summed E-state index contributed by atoms with van der Waals surface area (Å²) in [5.74, 6) is -2.30. The molecular formula is C24H30FN5O5S. The van der Waals surface area contributed by atoms with E-state index in [0.717, 1.165) is 0 Å². The molecule has 0 unspecified atom stereocenters. The number of aromatic nitrogens is 1. The summed E-state index contributed by atoms with van der Waals surface area (Å²) in [7, 11) is -2.50. The van der Waals surface area contributed by atoms with Crippen molar-refractivity contribution in [3.05, 3.63) is 53.6 Å². The minimum absolute atomic E-state index is 0.0784. The van der Waals surface area contributed by atoms with Gasteiger partial charge in [-0.15, -0.1) is 0 Å². The molecule has 0 saturated carbocycles. The Morgan fingerprint density at radius 1 is 1.22 bits per heavy atom. The number of sulfonamides is 1. The molecule has 1 saturated heterocycles. The summed E-state index contributed by atoms with van der Waals surface area (Å²) in [6.07, 6.45) is 3.29. The van der Waals surface area contributed by atoms with Gasteiger partial charge in [-0.05, 0) is 50.5 Å². The number of likely N-dealkylation sites (N-methyl/N-ethyl adjacent to an activating group) is 1. The van der Waals surface area contributed by atoms with Crippen molar-refractivity contribution in [1.29, 1.82) is 0 Å². The van der Waals surface area contributed by atoms with Gasteiger partial charge in [-0.3, -0.25) is 14.4 Å². The summed E-state index contributed by atoms with van der Waals surface area (Å²) in [6, 6.07) is 3.68. The number of hydrogen-bond donors (Lipinski definition) is 3. The van der Waals surface area contributed by atoms with Crippen LogP contribution in [0.25, 0.3) is 6.08 Å². The Bertz CT molecular complexity index is 1300. The first-order valence-corrected chi connectivity index (χ1v) is 13.0. The Kier molecular flexibility index (Phi) is 8.31. The Labute approximate surface area is 209 Å². The summed E-state index contributed by atoms with van der Waals surface area (Å²) in [4.78, 5) is 38.2. The second-order valence-electron chi connectivity index (χ2n) is 8.54. The number of benzene rings is 1. The molecule has 2 aromatic rings. The van der Waals surface area contributed by atoms with Gasteiger partial charge in [0.25, 0.3) is 5.91 Å². The van der Waals surface area contributed by atoms with Gasteiger partial charge in [0.15, 0.2) is 0 Å². The zero-order valence-electron chi connectivity index (χ0n) is 20.4. The van der Waals surface area contributed by atoms with Crippen molar-refractivity contribution in [1.82, 2.24) is 19.5 Å². The molecule has 3 amide bonds. The topological polar surface area (TPSA) is 130 Å². The van der Waals surface area contributed by atoms with E-state index in [1.165, 1.54) is 39.9 Å². The van der Waals surface area contributed by atoms with Crippen molar-refractivity contribution in [2.75, 3.05) is 25.0 Å². The Balaban J connectivity index is 1.74. The number of nitrogens with zero attached hydrogens (tertiary/aromatic N) is 2. The van der Waals surface area contributed by atoms with Gasteiger partial charge < -0.3 is 20.1 Å². The fourth-order valence-electron chi connectivity index (χ4n) is 4.09. The number of halogens is 1. The normalized spacial score (nSPS) is 14.4. The molecular weight excluding hydrogens is 489 g/mol. The molecule has 12 heteroatoms. The first-order chi connectivity index (χ1) is 17.0.